The Hall–Kier alpha value is -2.46. The molecule has 1 saturated heterocycles. The molecule has 11 heteroatoms. The molecule has 0 atom stereocenters. The van der Waals surface area contributed by atoms with E-state index < -0.39 is 0 Å². The lowest BCUT2D eigenvalue weighted by molar-refractivity contribution is -0.115. The van der Waals surface area contributed by atoms with E-state index in [1.54, 1.807) is 9.80 Å². The monoisotopic (exact) mass is 393 g/mol. The molecule has 4 rings (SSSR count). The van der Waals surface area contributed by atoms with Crippen LogP contribution in [0.25, 0.3) is 0 Å². The number of aryl methyl sites for hydroxylation is 1. The van der Waals surface area contributed by atoms with Gasteiger partial charge in [0, 0.05) is 20.1 Å². The molecule has 0 spiro atoms. The highest BCUT2D eigenvalue weighted by molar-refractivity contribution is 7.17. The Balaban J connectivity index is 1.42. The fraction of sp³-hybridized carbons (Fsp3) is 0.400. The van der Waals surface area contributed by atoms with E-state index in [2.05, 4.69) is 25.6 Å². The largest absolute Gasteiger partial charge is 0.348 e. The number of likely N-dealkylation sites (tertiary alicyclic amines) is 1. The number of likely N-dealkylation sites (N-methyl/N-ethyl adjacent to an activating group) is 1. The summed E-state index contributed by atoms with van der Waals surface area (Å²) in [6.45, 7) is 3.20. The Kier molecular flexibility index (Phi) is 4.16. The summed E-state index contributed by atoms with van der Waals surface area (Å²) in [4.78, 5) is 40.8. The van der Waals surface area contributed by atoms with Crippen LogP contribution in [-0.4, -0.2) is 64.4 Å². The zero-order chi connectivity index (χ0) is 18.4. The first-order valence-corrected chi connectivity index (χ1v) is 9.17. The number of rotatable bonds is 3. The maximum atomic E-state index is 12.3. The van der Waals surface area contributed by atoms with Crippen LogP contribution in [0.2, 0.25) is 4.47 Å². The highest BCUT2D eigenvalue weighted by Gasteiger charge is 2.33. The Morgan fingerprint density at radius 1 is 1.42 bits per heavy atom. The minimum Gasteiger partial charge on any atom is -0.348 e. The molecule has 1 fully saturated rings. The van der Waals surface area contributed by atoms with Gasteiger partial charge in [0.1, 0.15) is 10.6 Å². The Bertz CT molecular complexity index is 896. The Morgan fingerprint density at radius 2 is 2.19 bits per heavy atom. The third-order valence-corrected chi connectivity index (χ3v) is 5.37. The van der Waals surface area contributed by atoms with Crippen LogP contribution in [0.1, 0.15) is 15.4 Å². The third-order valence-electron chi connectivity index (χ3n) is 4.27. The summed E-state index contributed by atoms with van der Waals surface area (Å²) in [6.07, 6.45) is 1.50. The number of fused-ring (bicyclic) bond motifs is 1. The molecule has 4 heterocycles. The van der Waals surface area contributed by atoms with Crippen LogP contribution in [0, 0.1) is 6.92 Å². The Morgan fingerprint density at radius 3 is 2.88 bits per heavy atom. The third kappa shape index (κ3) is 3.06. The first-order chi connectivity index (χ1) is 12.4. The summed E-state index contributed by atoms with van der Waals surface area (Å²) < 4.78 is 0.359. The number of hydrogen-bond donors (Lipinski definition) is 2. The van der Waals surface area contributed by atoms with Gasteiger partial charge in [-0.15, -0.1) is 0 Å². The van der Waals surface area contributed by atoms with Crippen LogP contribution in [0.3, 0.4) is 0 Å². The minimum atomic E-state index is -0.0799. The fourth-order valence-corrected chi connectivity index (χ4v) is 3.85. The SMILES string of the molecule is Cc1nc(NC2CN(C(=O)c3cnc(Cl)s3)C2)nc2c1NC(=O)CN2C. The smallest absolute Gasteiger partial charge is 0.265 e. The average Bonchev–Trinajstić information content (AvgIpc) is 2.97. The number of nitrogens with zero attached hydrogens (tertiary/aromatic N) is 5. The first kappa shape index (κ1) is 17.0. The molecule has 2 aromatic heterocycles. The molecule has 0 unspecified atom stereocenters. The highest BCUT2D eigenvalue weighted by Crippen LogP contribution is 2.30. The molecule has 0 bridgehead atoms. The van der Waals surface area contributed by atoms with Gasteiger partial charge in [-0.2, -0.15) is 4.98 Å². The maximum Gasteiger partial charge on any atom is 0.265 e. The first-order valence-electron chi connectivity index (χ1n) is 7.97. The molecule has 0 radical (unpaired) electrons. The molecule has 0 aromatic carbocycles. The van der Waals surface area contributed by atoms with Crippen molar-refractivity contribution in [2.24, 2.45) is 0 Å². The van der Waals surface area contributed by atoms with E-state index in [4.69, 9.17) is 11.6 Å². The molecule has 2 aliphatic rings. The predicted octanol–water partition coefficient (Wildman–Crippen LogP) is 1.22. The predicted molar refractivity (Wildman–Crippen MR) is 99.1 cm³/mol. The lowest BCUT2D eigenvalue weighted by Crippen LogP contribution is -2.57. The second kappa shape index (κ2) is 6.36. The number of hydrogen-bond acceptors (Lipinski definition) is 8. The van der Waals surface area contributed by atoms with E-state index in [1.807, 2.05) is 14.0 Å². The average molecular weight is 394 g/mol. The van der Waals surface area contributed by atoms with Crippen molar-refractivity contribution in [2.75, 3.05) is 42.2 Å². The van der Waals surface area contributed by atoms with Crippen molar-refractivity contribution in [3.8, 4) is 0 Å². The molecule has 2 N–H and O–H groups in total. The van der Waals surface area contributed by atoms with Crippen molar-refractivity contribution in [3.63, 3.8) is 0 Å². The van der Waals surface area contributed by atoms with Gasteiger partial charge in [0.25, 0.3) is 5.91 Å². The number of carbonyl (C=O) groups excluding carboxylic acids is 2. The van der Waals surface area contributed by atoms with E-state index in [0.29, 0.717) is 45.6 Å². The quantitative estimate of drug-likeness (QED) is 0.808. The van der Waals surface area contributed by atoms with E-state index in [0.717, 1.165) is 0 Å². The van der Waals surface area contributed by atoms with Gasteiger partial charge in [0.2, 0.25) is 11.9 Å². The van der Waals surface area contributed by atoms with Crippen LogP contribution in [0.15, 0.2) is 6.20 Å². The van der Waals surface area contributed by atoms with Gasteiger partial charge in [-0.1, -0.05) is 22.9 Å². The molecule has 0 aliphatic carbocycles. The Labute approximate surface area is 158 Å². The molecular weight excluding hydrogens is 378 g/mol. The lowest BCUT2D eigenvalue weighted by Gasteiger charge is -2.39. The van der Waals surface area contributed by atoms with Crippen molar-refractivity contribution < 1.29 is 9.59 Å². The van der Waals surface area contributed by atoms with E-state index >= 15 is 0 Å². The second-order valence-corrected chi connectivity index (χ2v) is 7.88. The maximum absolute atomic E-state index is 12.3. The standard InChI is InChI=1S/C15H16ClN7O2S/c1-7-11-12(22(2)6-10(24)20-11)21-15(18-7)19-8-4-23(5-8)13(25)9-3-17-14(16)26-9/h3,8H,4-6H2,1-2H3,(H,20,24)(H,18,19,21). The molecule has 2 amide bonds. The van der Waals surface area contributed by atoms with Crippen molar-refractivity contribution in [3.05, 3.63) is 21.2 Å². The summed E-state index contributed by atoms with van der Waals surface area (Å²) >= 11 is 6.95. The summed E-state index contributed by atoms with van der Waals surface area (Å²) in [7, 11) is 1.82. The molecule has 26 heavy (non-hydrogen) atoms. The van der Waals surface area contributed by atoms with Gasteiger partial charge in [-0.3, -0.25) is 9.59 Å². The van der Waals surface area contributed by atoms with Gasteiger partial charge in [0.05, 0.1) is 24.5 Å². The van der Waals surface area contributed by atoms with Crippen molar-refractivity contribution in [1.29, 1.82) is 0 Å². The van der Waals surface area contributed by atoms with Gasteiger partial charge in [0.15, 0.2) is 10.3 Å². The van der Waals surface area contributed by atoms with Crippen LogP contribution >= 0.6 is 22.9 Å². The fourth-order valence-electron chi connectivity index (χ4n) is 2.94. The number of aromatic nitrogens is 3. The highest BCUT2D eigenvalue weighted by atomic mass is 35.5. The van der Waals surface area contributed by atoms with E-state index in [-0.39, 0.29) is 24.4 Å². The molecule has 0 saturated carbocycles. The van der Waals surface area contributed by atoms with Gasteiger partial charge in [-0.05, 0) is 6.92 Å². The van der Waals surface area contributed by atoms with Gasteiger partial charge in [-0.25, -0.2) is 9.97 Å². The van der Waals surface area contributed by atoms with E-state index in [1.165, 1.54) is 17.5 Å². The number of thiazole rings is 1. The number of carbonyl (C=O) groups is 2. The number of amides is 2. The zero-order valence-corrected chi connectivity index (χ0v) is 15.7. The lowest BCUT2D eigenvalue weighted by atomic mass is 10.1. The minimum absolute atomic E-state index is 0.0718. The molecule has 9 nitrogen and oxygen atoms in total. The molecule has 136 valence electrons. The number of anilines is 3. The van der Waals surface area contributed by atoms with Crippen molar-refractivity contribution in [1.82, 2.24) is 19.9 Å². The summed E-state index contributed by atoms with van der Waals surface area (Å²) in [5, 5.41) is 6.06. The molecule has 2 aromatic rings. The zero-order valence-electron chi connectivity index (χ0n) is 14.1. The summed E-state index contributed by atoms with van der Waals surface area (Å²) in [6, 6.07) is 0.0725. The van der Waals surface area contributed by atoms with Crippen LogP contribution in [-0.2, 0) is 4.79 Å². The van der Waals surface area contributed by atoms with Crippen molar-refractivity contribution >= 4 is 52.2 Å². The van der Waals surface area contributed by atoms with Crippen LogP contribution in [0.4, 0.5) is 17.5 Å². The van der Waals surface area contributed by atoms with Crippen molar-refractivity contribution in [2.45, 2.75) is 13.0 Å². The number of halogens is 1. The molecular formula is C15H16ClN7O2S. The van der Waals surface area contributed by atoms with Crippen LogP contribution < -0.4 is 15.5 Å². The van der Waals surface area contributed by atoms with Gasteiger partial charge < -0.3 is 20.4 Å². The summed E-state index contributed by atoms with van der Waals surface area (Å²) in [5.74, 6) is 1.02. The topological polar surface area (TPSA) is 103 Å². The van der Waals surface area contributed by atoms with E-state index in [9.17, 15) is 9.59 Å². The summed E-state index contributed by atoms with van der Waals surface area (Å²) in [5.41, 5.74) is 1.34. The second-order valence-electron chi connectivity index (χ2n) is 6.26. The van der Waals surface area contributed by atoms with Crippen LogP contribution in [0.5, 0.6) is 0 Å². The molecule has 2 aliphatic heterocycles. The number of nitrogens with one attached hydrogen (secondary N) is 2. The van der Waals surface area contributed by atoms with Gasteiger partial charge >= 0.3 is 0 Å². The normalized spacial score (nSPS) is 16.8.